The van der Waals surface area contributed by atoms with Gasteiger partial charge in [0.2, 0.25) is 0 Å². The van der Waals surface area contributed by atoms with Gasteiger partial charge in [-0.2, -0.15) is 5.10 Å². The number of aromatic amines is 1. The number of aromatic nitrogens is 3. The van der Waals surface area contributed by atoms with Gasteiger partial charge in [0.25, 0.3) is 0 Å². The molecule has 3 rings (SSSR count). The molecule has 0 saturated carbocycles. The average molecular weight is 341 g/mol. The Morgan fingerprint density at radius 2 is 1.92 bits per heavy atom. The minimum Gasteiger partial charge on any atom is -0.299 e. The highest BCUT2D eigenvalue weighted by Gasteiger charge is 2.18. The summed E-state index contributed by atoms with van der Waals surface area (Å²) in [5, 5.41) is 15.4. The van der Waals surface area contributed by atoms with Crippen molar-refractivity contribution in [2.75, 3.05) is 10.6 Å². The number of carbonyl (C=O) groups excluding carboxylic acids is 1. The summed E-state index contributed by atoms with van der Waals surface area (Å²) in [6.07, 6.45) is 3.46. The van der Waals surface area contributed by atoms with Crippen molar-refractivity contribution in [1.29, 1.82) is 0 Å². The second-order valence-corrected chi connectivity index (χ2v) is 7.31. The molecular weight excluding hydrogens is 322 g/mol. The van der Waals surface area contributed by atoms with Crippen molar-refractivity contribution in [3.63, 3.8) is 0 Å². The molecule has 3 N–H and O–H groups in total. The molecule has 0 atom stereocenters. The molecule has 3 aromatic heterocycles. The first-order valence-corrected chi connectivity index (χ1v) is 8.43. The number of rotatable bonds is 3. The number of H-pyrrole nitrogens is 1. The van der Waals surface area contributed by atoms with E-state index in [1.54, 1.807) is 12.4 Å². The number of amides is 2. The quantitative estimate of drug-likeness (QED) is 0.657. The number of nitrogens with one attached hydrogen (secondary N) is 3. The fourth-order valence-corrected chi connectivity index (χ4v) is 2.99. The second kappa shape index (κ2) is 6.45. The predicted molar refractivity (Wildman–Crippen MR) is 97.5 cm³/mol. The Bertz CT molecular complexity index is 832. The van der Waals surface area contributed by atoms with E-state index in [0.717, 1.165) is 21.8 Å². The van der Waals surface area contributed by atoms with Crippen LogP contribution in [-0.2, 0) is 5.41 Å². The van der Waals surface area contributed by atoms with Crippen LogP contribution in [0.3, 0.4) is 0 Å². The summed E-state index contributed by atoms with van der Waals surface area (Å²) in [4.78, 5) is 16.3. The first kappa shape index (κ1) is 16.2. The molecule has 24 heavy (non-hydrogen) atoms. The lowest BCUT2D eigenvalue weighted by Crippen LogP contribution is -2.19. The van der Waals surface area contributed by atoms with E-state index in [2.05, 4.69) is 46.6 Å². The van der Waals surface area contributed by atoms with Gasteiger partial charge in [0, 0.05) is 35.1 Å². The Kier molecular flexibility index (Phi) is 4.35. The van der Waals surface area contributed by atoms with Gasteiger partial charge < -0.3 is 0 Å². The van der Waals surface area contributed by atoms with E-state index in [9.17, 15) is 4.79 Å². The van der Waals surface area contributed by atoms with Crippen LogP contribution in [0.5, 0.6) is 0 Å². The Hall–Kier alpha value is -2.67. The third-order valence-electron chi connectivity index (χ3n) is 3.51. The normalized spacial score (nSPS) is 11.3. The van der Waals surface area contributed by atoms with Crippen LogP contribution in [0.15, 0.2) is 42.0 Å². The lowest BCUT2D eigenvalue weighted by Gasteiger charge is -2.14. The molecule has 124 valence electrons. The van der Waals surface area contributed by atoms with E-state index in [1.807, 2.05) is 29.6 Å². The molecule has 0 aliphatic heterocycles. The van der Waals surface area contributed by atoms with Gasteiger partial charge in [-0.05, 0) is 29.1 Å². The Balaban J connectivity index is 1.70. The van der Waals surface area contributed by atoms with Crippen LogP contribution < -0.4 is 10.6 Å². The molecule has 0 spiro atoms. The molecule has 0 aromatic carbocycles. The number of hydrogen-bond acceptors (Lipinski definition) is 4. The molecule has 0 fully saturated rings. The third-order valence-corrected chi connectivity index (χ3v) is 4.34. The van der Waals surface area contributed by atoms with Crippen molar-refractivity contribution >= 4 is 28.2 Å². The van der Waals surface area contributed by atoms with Crippen molar-refractivity contribution in [2.24, 2.45) is 0 Å². The van der Waals surface area contributed by atoms with Crippen LogP contribution in [0, 0.1) is 0 Å². The van der Waals surface area contributed by atoms with Gasteiger partial charge in [0.1, 0.15) is 5.00 Å². The van der Waals surface area contributed by atoms with Crippen molar-refractivity contribution in [3.05, 3.63) is 47.7 Å². The van der Waals surface area contributed by atoms with Gasteiger partial charge in [0.05, 0.1) is 0 Å². The number of nitrogens with zero attached hydrogens (tertiary/aromatic N) is 2. The second-order valence-electron chi connectivity index (χ2n) is 6.40. The summed E-state index contributed by atoms with van der Waals surface area (Å²) in [5.74, 6) is 0.499. The molecule has 0 saturated heterocycles. The molecule has 3 heterocycles. The highest BCUT2D eigenvalue weighted by Crippen LogP contribution is 2.32. The molecule has 0 aliphatic carbocycles. The third kappa shape index (κ3) is 3.62. The van der Waals surface area contributed by atoms with Gasteiger partial charge in [-0.25, -0.2) is 4.79 Å². The molecular formula is C17H19N5OS. The molecule has 6 nitrogen and oxygen atoms in total. The standard InChI is InChI=1S/C17H19N5OS/c1-17(2,3)13-10-14(22-21-13)19-16(23)20-15-12(6-9-24-15)11-4-7-18-8-5-11/h4-10H,1-3H3,(H3,19,20,21,22,23). The van der Waals surface area contributed by atoms with E-state index in [4.69, 9.17) is 0 Å². The maximum absolute atomic E-state index is 12.2. The van der Waals surface area contributed by atoms with Crippen molar-refractivity contribution < 1.29 is 4.79 Å². The fourth-order valence-electron chi connectivity index (χ4n) is 2.19. The minimum absolute atomic E-state index is 0.0499. The van der Waals surface area contributed by atoms with Crippen LogP contribution >= 0.6 is 11.3 Å². The van der Waals surface area contributed by atoms with Crippen LogP contribution in [-0.4, -0.2) is 21.2 Å². The zero-order valence-corrected chi connectivity index (χ0v) is 14.6. The molecule has 2 amide bonds. The van der Waals surface area contributed by atoms with Crippen LogP contribution in [0.2, 0.25) is 0 Å². The van der Waals surface area contributed by atoms with E-state index in [0.29, 0.717) is 5.82 Å². The van der Waals surface area contributed by atoms with Gasteiger partial charge in [0.15, 0.2) is 5.82 Å². The average Bonchev–Trinajstić information content (AvgIpc) is 3.17. The lowest BCUT2D eigenvalue weighted by molar-refractivity contribution is 0.262. The topological polar surface area (TPSA) is 82.7 Å². The summed E-state index contributed by atoms with van der Waals surface area (Å²) in [6, 6.07) is 7.32. The summed E-state index contributed by atoms with van der Waals surface area (Å²) in [6.45, 7) is 6.24. The Morgan fingerprint density at radius 1 is 1.17 bits per heavy atom. The van der Waals surface area contributed by atoms with Gasteiger partial charge in [-0.3, -0.25) is 20.7 Å². The largest absolute Gasteiger partial charge is 0.325 e. The molecule has 0 unspecified atom stereocenters. The number of pyridine rings is 1. The van der Waals surface area contributed by atoms with Crippen molar-refractivity contribution in [3.8, 4) is 11.1 Å². The van der Waals surface area contributed by atoms with Gasteiger partial charge >= 0.3 is 6.03 Å². The predicted octanol–water partition coefficient (Wildman–Crippen LogP) is 4.47. The zero-order valence-electron chi connectivity index (χ0n) is 13.8. The Morgan fingerprint density at radius 3 is 2.58 bits per heavy atom. The number of urea groups is 1. The summed E-state index contributed by atoms with van der Waals surface area (Å²) >= 11 is 1.47. The monoisotopic (exact) mass is 341 g/mol. The number of anilines is 2. The zero-order chi connectivity index (χ0) is 17.2. The van der Waals surface area contributed by atoms with E-state index < -0.39 is 0 Å². The smallest absolute Gasteiger partial charge is 0.299 e. The number of hydrogen-bond donors (Lipinski definition) is 3. The van der Waals surface area contributed by atoms with Gasteiger partial charge in [-0.1, -0.05) is 20.8 Å². The number of thiophene rings is 1. The summed E-state index contributed by atoms with van der Waals surface area (Å²) in [5.41, 5.74) is 2.89. The highest BCUT2D eigenvalue weighted by molar-refractivity contribution is 7.15. The first-order chi connectivity index (χ1) is 11.4. The molecule has 3 aromatic rings. The lowest BCUT2D eigenvalue weighted by atomic mass is 9.92. The SMILES string of the molecule is CC(C)(C)c1cc(NC(=O)Nc2sccc2-c2ccncc2)n[nH]1. The van der Waals surface area contributed by atoms with E-state index in [1.165, 1.54) is 11.3 Å². The molecule has 0 radical (unpaired) electrons. The highest BCUT2D eigenvalue weighted by atomic mass is 32.1. The maximum atomic E-state index is 12.2. The van der Waals surface area contributed by atoms with Crippen LogP contribution in [0.1, 0.15) is 26.5 Å². The summed E-state index contributed by atoms with van der Waals surface area (Å²) in [7, 11) is 0. The first-order valence-electron chi connectivity index (χ1n) is 7.55. The minimum atomic E-state index is -0.320. The summed E-state index contributed by atoms with van der Waals surface area (Å²) < 4.78 is 0. The maximum Gasteiger partial charge on any atom is 0.325 e. The van der Waals surface area contributed by atoms with E-state index in [-0.39, 0.29) is 11.4 Å². The van der Waals surface area contributed by atoms with Gasteiger partial charge in [-0.15, -0.1) is 11.3 Å². The van der Waals surface area contributed by atoms with E-state index >= 15 is 0 Å². The molecule has 0 aliphatic rings. The Labute approximate surface area is 144 Å². The fraction of sp³-hybridized carbons (Fsp3) is 0.235. The molecule has 7 heteroatoms. The molecule has 0 bridgehead atoms. The van der Waals surface area contributed by atoms with Crippen LogP contribution in [0.4, 0.5) is 15.6 Å². The van der Waals surface area contributed by atoms with Crippen molar-refractivity contribution in [2.45, 2.75) is 26.2 Å². The van der Waals surface area contributed by atoms with Crippen molar-refractivity contribution in [1.82, 2.24) is 15.2 Å². The number of carbonyl (C=O) groups is 1. The van der Waals surface area contributed by atoms with Crippen LogP contribution in [0.25, 0.3) is 11.1 Å².